The van der Waals surface area contributed by atoms with Crippen LogP contribution in [0.2, 0.25) is 0 Å². The Morgan fingerprint density at radius 3 is 2.67 bits per heavy atom. The third-order valence-electron chi connectivity index (χ3n) is 5.80. The van der Waals surface area contributed by atoms with Crippen LogP contribution in [-0.4, -0.2) is 46.0 Å². The number of hydrogen-bond donors (Lipinski definition) is 1. The van der Waals surface area contributed by atoms with Crippen LogP contribution in [0.3, 0.4) is 0 Å². The van der Waals surface area contributed by atoms with Crippen molar-refractivity contribution in [2.45, 2.75) is 39.3 Å². The zero-order valence-corrected chi connectivity index (χ0v) is 17.6. The maximum atomic E-state index is 13.0. The molecule has 6 nitrogen and oxygen atoms in total. The van der Waals surface area contributed by atoms with Gasteiger partial charge in [0.25, 0.3) is 11.5 Å². The molecule has 2 aromatic carbocycles. The van der Waals surface area contributed by atoms with Crippen molar-refractivity contribution >= 4 is 16.8 Å². The number of nitrogens with one attached hydrogen (secondary N) is 1. The fourth-order valence-electron chi connectivity index (χ4n) is 4.00. The van der Waals surface area contributed by atoms with Crippen LogP contribution in [0, 0.1) is 0 Å². The van der Waals surface area contributed by atoms with Crippen molar-refractivity contribution in [3.8, 4) is 0 Å². The molecule has 6 heteroatoms. The minimum atomic E-state index is -0.143. The van der Waals surface area contributed by atoms with Crippen molar-refractivity contribution in [2.24, 2.45) is 0 Å². The Kier molecular flexibility index (Phi) is 5.95. The summed E-state index contributed by atoms with van der Waals surface area (Å²) in [5, 5.41) is 3.53. The third-order valence-corrected chi connectivity index (χ3v) is 5.80. The molecule has 156 valence electrons. The first kappa shape index (κ1) is 20.3. The Hall–Kier alpha value is -2.99. The molecule has 0 aliphatic carbocycles. The second-order valence-corrected chi connectivity index (χ2v) is 8.09. The molecule has 1 aromatic heterocycles. The number of rotatable bonds is 5. The summed E-state index contributed by atoms with van der Waals surface area (Å²) in [4.78, 5) is 32.7. The molecule has 0 saturated heterocycles. The zero-order valence-electron chi connectivity index (χ0n) is 17.6. The first-order valence-electron chi connectivity index (χ1n) is 10.6. The predicted octanol–water partition coefficient (Wildman–Crippen LogP) is 2.64. The lowest BCUT2D eigenvalue weighted by Gasteiger charge is -2.23. The fourth-order valence-corrected chi connectivity index (χ4v) is 4.00. The van der Waals surface area contributed by atoms with Gasteiger partial charge in [-0.15, -0.1) is 0 Å². The Morgan fingerprint density at radius 2 is 1.90 bits per heavy atom. The van der Waals surface area contributed by atoms with Crippen LogP contribution < -0.4 is 10.9 Å². The summed E-state index contributed by atoms with van der Waals surface area (Å²) in [7, 11) is 0. The van der Waals surface area contributed by atoms with Gasteiger partial charge in [0.1, 0.15) is 5.82 Å². The van der Waals surface area contributed by atoms with Gasteiger partial charge in [-0.3, -0.25) is 19.1 Å². The van der Waals surface area contributed by atoms with Gasteiger partial charge in [0.2, 0.25) is 0 Å². The van der Waals surface area contributed by atoms with Crippen LogP contribution in [0.1, 0.15) is 35.6 Å². The van der Waals surface area contributed by atoms with Crippen LogP contribution in [-0.2, 0) is 19.4 Å². The minimum absolute atomic E-state index is 0.0170. The van der Waals surface area contributed by atoms with E-state index in [4.69, 9.17) is 4.98 Å². The van der Waals surface area contributed by atoms with Gasteiger partial charge in [-0.2, -0.15) is 0 Å². The molecule has 0 atom stereocenters. The molecule has 0 unspecified atom stereocenters. The number of carbonyl (C=O) groups excluding carboxylic acids is 1. The summed E-state index contributed by atoms with van der Waals surface area (Å²) in [5.74, 6) is 0.660. The molecular formula is C24H28N4O2. The lowest BCUT2D eigenvalue weighted by atomic mass is 10.1. The van der Waals surface area contributed by atoms with Crippen molar-refractivity contribution < 1.29 is 4.79 Å². The predicted molar refractivity (Wildman–Crippen MR) is 119 cm³/mol. The Balaban J connectivity index is 1.53. The zero-order chi connectivity index (χ0) is 21.1. The highest BCUT2D eigenvalue weighted by atomic mass is 16.1. The summed E-state index contributed by atoms with van der Waals surface area (Å²) in [6.07, 6.45) is 1.51. The Bertz CT molecular complexity index is 1110. The van der Waals surface area contributed by atoms with Gasteiger partial charge in [-0.25, -0.2) is 4.98 Å². The lowest BCUT2D eigenvalue weighted by Crippen LogP contribution is -2.34. The van der Waals surface area contributed by atoms with Crippen LogP contribution in [0.25, 0.3) is 10.9 Å². The summed E-state index contributed by atoms with van der Waals surface area (Å²) < 4.78 is 1.80. The highest BCUT2D eigenvalue weighted by molar-refractivity contribution is 5.97. The quantitative estimate of drug-likeness (QED) is 0.710. The van der Waals surface area contributed by atoms with Gasteiger partial charge >= 0.3 is 0 Å². The molecule has 4 rings (SSSR count). The summed E-state index contributed by atoms with van der Waals surface area (Å²) in [6.45, 7) is 7.29. The van der Waals surface area contributed by atoms with Crippen molar-refractivity contribution in [3.05, 3.63) is 75.8 Å². The van der Waals surface area contributed by atoms with Crippen molar-refractivity contribution in [2.75, 3.05) is 19.6 Å². The van der Waals surface area contributed by atoms with E-state index in [-0.39, 0.29) is 11.5 Å². The Labute approximate surface area is 176 Å². The smallest absolute Gasteiger partial charge is 0.261 e. The molecule has 0 spiro atoms. The number of amides is 1. The number of hydrogen-bond acceptors (Lipinski definition) is 4. The minimum Gasteiger partial charge on any atom is -0.352 e. The van der Waals surface area contributed by atoms with Crippen molar-refractivity contribution in [3.63, 3.8) is 0 Å². The van der Waals surface area contributed by atoms with Crippen LogP contribution in [0.15, 0.2) is 53.3 Å². The third kappa shape index (κ3) is 4.28. The van der Waals surface area contributed by atoms with E-state index in [2.05, 4.69) is 24.1 Å². The van der Waals surface area contributed by atoms with Gasteiger partial charge in [0.05, 0.1) is 10.9 Å². The van der Waals surface area contributed by atoms with Gasteiger partial charge in [0.15, 0.2) is 0 Å². The first-order valence-corrected chi connectivity index (χ1v) is 10.6. The molecule has 1 aliphatic rings. The first-order chi connectivity index (χ1) is 14.5. The normalized spacial score (nSPS) is 14.5. The van der Waals surface area contributed by atoms with E-state index >= 15 is 0 Å². The largest absolute Gasteiger partial charge is 0.352 e. The second-order valence-electron chi connectivity index (χ2n) is 8.09. The average molecular weight is 405 g/mol. The van der Waals surface area contributed by atoms with E-state index in [9.17, 15) is 9.59 Å². The standard InChI is InChI=1S/C24H28N4O2/c1-17(2)27-13-11-22-26-21-16-19(8-9-20(21)24(30)28(22)15-14-27)23(29)25-12-10-18-6-4-3-5-7-18/h3-9,16-17H,10-15H2,1-2H3,(H,25,29). The second kappa shape index (κ2) is 8.79. The van der Waals surface area contributed by atoms with Crippen molar-refractivity contribution in [1.82, 2.24) is 19.8 Å². The molecule has 3 aromatic rings. The van der Waals surface area contributed by atoms with Crippen LogP contribution in [0.5, 0.6) is 0 Å². The summed E-state index contributed by atoms with van der Waals surface area (Å²) >= 11 is 0. The monoisotopic (exact) mass is 404 g/mol. The summed E-state index contributed by atoms with van der Waals surface area (Å²) in [5.41, 5.74) is 2.30. The number of benzene rings is 2. The molecule has 0 saturated carbocycles. The molecule has 0 radical (unpaired) electrons. The average Bonchev–Trinajstić information content (AvgIpc) is 2.97. The summed E-state index contributed by atoms with van der Waals surface area (Å²) in [6, 6.07) is 15.7. The topological polar surface area (TPSA) is 67.2 Å². The SMILES string of the molecule is CC(C)N1CCc2nc3cc(C(=O)NCCc4ccccc4)ccc3c(=O)n2CC1. The molecule has 30 heavy (non-hydrogen) atoms. The van der Waals surface area contributed by atoms with E-state index < -0.39 is 0 Å². The van der Waals surface area contributed by atoms with E-state index in [1.54, 1.807) is 22.8 Å². The fraction of sp³-hybridized carbons (Fsp3) is 0.375. The molecular weight excluding hydrogens is 376 g/mol. The highest BCUT2D eigenvalue weighted by Gasteiger charge is 2.19. The van der Waals surface area contributed by atoms with E-state index in [0.29, 0.717) is 35.6 Å². The number of aromatic nitrogens is 2. The number of fused-ring (bicyclic) bond motifs is 2. The maximum Gasteiger partial charge on any atom is 0.261 e. The van der Waals surface area contributed by atoms with Gasteiger partial charge < -0.3 is 5.32 Å². The highest BCUT2D eigenvalue weighted by Crippen LogP contribution is 2.15. The number of nitrogens with zero attached hydrogens (tertiary/aromatic N) is 3. The van der Waals surface area contributed by atoms with E-state index in [1.807, 2.05) is 30.3 Å². The maximum absolute atomic E-state index is 13.0. The van der Waals surface area contributed by atoms with E-state index in [1.165, 1.54) is 5.56 Å². The molecule has 1 aliphatic heterocycles. The van der Waals surface area contributed by atoms with Crippen LogP contribution in [0.4, 0.5) is 0 Å². The van der Waals surface area contributed by atoms with Crippen LogP contribution >= 0.6 is 0 Å². The number of carbonyl (C=O) groups is 1. The molecule has 0 bridgehead atoms. The van der Waals surface area contributed by atoms with E-state index in [0.717, 1.165) is 31.8 Å². The van der Waals surface area contributed by atoms with Gasteiger partial charge in [-0.05, 0) is 44.0 Å². The Morgan fingerprint density at radius 1 is 1.10 bits per heavy atom. The van der Waals surface area contributed by atoms with Gasteiger partial charge in [-0.1, -0.05) is 30.3 Å². The molecule has 1 N–H and O–H groups in total. The van der Waals surface area contributed by atoms with Crippen molar-refractivity contribution in [1.29, 1.82) is 0 Å². The molecule has 2 heterocycles. The molecule has 1 amide bonds. The van der Waals surface area contributed by atoms with Gasteiger partial charge in [0, 0.05) is 44.2 Å². The lowest BCUT2D eigenvalue weighted by molar-refractivity contribution is 0.0954. The molecule has 0 fully saturated rings.